The molecule has 0 atom stereocenters. The molecule has 3 aromatic rings. The van der Waals surface area contributed by atoms with Crippen LogP contribution in [-0.4, -0.2) is 21.1 Å². The summed E-state index contributed by atoms with van der Waals surface area (Å²) < 4.78 is 0. The van der Waals surface area contributed by atoms with E-state index in [9.17, 15) is 4.79 Å². The molecule has 5 nitrogen and oxygen atoms in total. The van der Waals surface area contributed by atoms with Gasteiger partial charge in [-0.3, -0.25) is 14.9 Å². The van der Waals surface area contributed by atoms with Gasteiger partial charge in [-0.1, -0.05) is 6.07 Å². The number of hydrogen-bond acceptors (Lipinski definition) is 3. The number of benzene rings is 1. The van der Waals surface area contributed by atoms with Gasteiger partial charge in [-0.05, 0) is 29.8 Å². The predicted molar refractivity (Wildman–Crippen MR) is 71.5 cm³/mol. The van der Waals surface area contributed by atoms with Gasteiger partial charge in [0.15, 0.2) is 0 Å². The second-order valence-electron chi connectivity index (χ2n) is 4.22. The van der Waals surface area contributed by atoms with Crippen LogP contribution in [0.15, 0.2) is 48.9 Å². The summed E-state index contributed by atoms with van der Waals surface area (Å²) in [6, 6.07) is 9.21. The number of aromatic nitrogens is 3. The molecule has 19 heavy (non-hydrogen) atoms. The third-order valence-electron chi connectivity index (χ3n) is 2.88. The topological polar surface area (TPSA) is 70.7 Å². The number of nitrogens with one attached hydrogen (secondary N) is 2. The Morgan fingerprint density at radius 2 is 2.21 bits per heavy atom. The normalized spacial score (nSPS) is 10.5. The molecule has 2 heterocycles. The van der Waals surface area contributed by atoms with Crippen LogP contribution in [0.1, 0.15) is 15.9 Å². The largest absolute Gasteiger partial charge is 0.348 e. The number of nitrogens with zero attached hydrogens (tertiary/aromatic N) is 2. The van der Waals surface area contributed by atoms with Gasteiger partial charge in [0.1, 0.15) is 0 Å². The number of carbonyl (C=O) groups is 1. The van der Waals surface area contributed by atoms with E-state index in [1.54, 1.807) is 24.7 Å². The molecular weight excluding hydrogens is 240 g/mol. The molecule has 2 aromatic heterocycles. The molecule has 2 N–H and O–H groups in total. The summed E-state index contributed by atoms with van der Waals surface area (Å²) >= 11 is 0. The van der Waals surface area contributed by atoms with Crippen LogP contribution in [0.2, 0.25) is 0 Å². The van der Waals surface area contributed by atoms with E-state index in [2.05, 4.69) is 20.5 Å². The molecule has 5 heteroatoms. The number of amides is 1. The highest BCUT2D eigenvalue weighted by Crippen LogP contribution is 2.12. The van der Waals surface area contributed by atoms with Crippen LogP contribution in [0.3, 0.4) is 0 Å². The number of pyridine rings is 1. The Kier molecular flexibility index (Phi) is 2.94. The number of carbonyl (C=O) groups excluding carboxylic acids is 1. The molecule has 0 spiro atoms. The van der Waals surface area contributed by atoms with Gasteiger partial charge in [-0.15, -0.1) is 0 Å². The average Bonchev–Trinajstić information content (AvgIpc) is 2.93. The first-order chi connectivity index (χ1) is 9.33. The van der Waals surface area contributed by atoms with Gasteiger partial charge in [0.05, 0.1) is 11.7 Å². The van der Waals surface area contributed by atoms with Crippen LogP contribution in [0.25, 0.3) is 10.9 Å². The van der Waals surface area contributed by atoms with Crippen molar-refractivity contribution in [2.45, 2.75) is 6.54 Å². The number of H-pyrrole nitrogens is 1. The van der Waals surface area contributed by atoms with Crippen molar-refractivity contribution in [2.75, 3.05) is 0 Å². The fourth-order valence-corrected chi connectivity index (χ4v) is 1.87. The summed E-state index contributed by atoms with van der Waals surface area (Å²) in [6.07, 6.45) is 5.14. The molecule has 0 aliphatic rings. The van der Waals surface area contributed by atoms with Crippen LogP contribution in [0.5, 0.6) is 0 Å². The molecule has 1 amide bonds. The van der Waals surface area contributed by atoms with E-state index in [-0.39, 0.29) is 5.91 Å². The van der Waals surface area contributed by atoms with Crippen molar-refractivity contribution in [1.82, 2.24) is 20.5 Å². The summed E-state index contributed by atoms with van der Waals surface area (Å²) in [5, 5.41) is 10.6. The van der Waals surface area contributed by atoms with Crippen molar-refractivity contribution >= 4 is 16.8 Å². The lowest BCUT2D eigenvalue weighted by Crippen LogP contribution is -2.22. The van der Waals surface area contributed by atoms with Gasteiger partial charge < -0.3 is 5.32 Å². The lowest BCUT2D eigenvalue weighted by atomic mass is 10.1. The van der Waals surface area contributed by atoms with E-state index in [0.29, 0.717) is 12.1 Å². The zero-order valence-electron chi connectivity index (χ0n) is 10.1. The highest BCUT2D eigenvalue weighted by Gasteiger charge is 2.06. The van der Waals surface area contributed by atoms with E-state index >= 15 is 0 Å². The summed E-state index contributed by atoms with van der Waals surface area (Å²) in [4.78, 5) is 16.0. The van der Waals surface area contributed by atoms with Gasteiger partial charge in [0.25, 0.3) is 5.91 Å². The Balaban J connectivity index is 1.73. The van der Waals surface area contributed by atoms with Crippen molar-refractivity contribution < 1.29 is 4.79 Å². The third-order valence-corrected chi connectivity index (χ3v) is 2.88. The van der Waals surface area contributed by atoms with Crippen LogP contribution in [-0.2, 0) is 6.54 Å². The minimum Gasteiger partial charge on any atom is -0.348 e. The van der Waals surface area contributed by atoms with Crippen molar-refractivity contribution in [3.05, 3.63) is 60.0 Å². The Morgan fingerprint density at radius 1 is 1.26 bits per heavy atom. The summed E-state index contributed by atoms with van der Waals surface area (Å²) in [5.74, 6) is -0.105. The van der Waals surface area contributed by atoms with Crippen molar-refractivity contribution in [3.8, 4) is 0 Å². The summed E-state index contributed by atoms with van der Waals surface area (Å²) in [6.45, 7) is 0.468. The lowest BCUT2D eigenvalue weighted by Gasteiger charge is -2.05. The summed E-state index contributed by atoms with van der Waals surface area (Å²) in [5.41, 5.74) is 2.52. The Bertz CT molecular complexity index is 706. The first kappa shape index (κ1) is 11.4. The highest BCUT2D eigenvalue weighted by atomic mass is 16.1. The fraction of sp³-hybridized carbons (Fsp3) is 0.0714. The highest BCUT2D eigenvalue weighted by molar-refractivity contribution is 5.97. The second kappa shape index (κ2) is 4.89. The van der Waals surface area contributed by atoms with E-state index in [1.165, 1.54) is 0 Å². The Labute approximate surface area is 109 Å². The molecule has 0 bridgehead atoms. The monoisotopic (exact) mass is 252 g/mol. The zero-order chi connectivity index (χ0) is 13.1. The summed E-state index contributed by atoms with van der Waals surface area (Å²) in [7, 11) is 0. The van der Waals surface area contributed by atoms with E-state index in [1.807, 2.05) is 24.3 Å². The first-order valence-corrected chi connectivity index (χ1v) is 5.93. The van der Waals surface area contributed by atoms with Crippen LogP contribution in [0.4, 0.5) is 0 Å². The van der Waals surface area contributed by atoms with Crippen molar-refractivity contribution in [3.63, 3.8) is 0 Å². The maximum absolute atomic E-state index is 12.0. The fourth-order valence-electron chi connectivity index (χ4n) is 1.87. The smallest absolute Gasteiger partial charge is 0.251 e. The van der Waals surface area contributed by atoms with Gasteiger partial charge in [0, 0.05) is 29.9 Å². The number of fused-ring (bicyclic) bond motifs is 1. The maximum atomic E-state index is 12.0. The number of aromatic amines is 1. The molecule has 3 rings (SSSR count). The zero-order valence-corrected chi connectivity index (χ0v) is 10.1. The SMILES string of the molecule is O=C(NCc1cccnc1)c1ccc2[nH]ncc2c1. The minimum absolute atomic E-state index is 0.105. The van der Waals surface area contributed by atoms with Crippen LogP contribution < -0.4 is 5.32 Å². The molecule has 0 aliphatic carbocycles. The molecule has 94 valence electrons. The average molecular weight is 252 g/mol. The molecule has 0 saturated carbocycles. The van der Waals surface area contributed by atoms with E-state index < -0.39 is 0 Å². The van der Waals surface area contributed by atoms with Crippen LogP contribution >= 0.6 is 0 Å². The number of rotatable bonds is 3. The Morgan fingerprint density at radius 3 is 3.05 bits per heavy atom. The molecular formula is C14H12N4O. The molecule has 0 unspecified atom stereocenters. The molecule has 0 saturated heterocycles. The molecule has 0 aliphatic heterocycles. The van der Waals surface area contributed by atoms with E-state index in [4.69, 9.17) is 0 Å². The minimum atomic E-state index is -0.105. The standard InChI is InChI=1S/C14H12N4O/c19-14(16-8-10-2-1-5-15-7-10)11-3-4-13-12(6-11)9-17-18-13/h1-7,9H,8H2,(H,16,19)(H,17,18). The molecule has 0 radical (unpaired) electrons. The maximum Gasteiger partial charge on any atom is 0.251 e. The lowest BCUT2D eigenvalue weighted by molar-refractivity contribution is 0.0951. The Hall–Kier alpha value is -2.69. The van der Waals surface area contributed by atoms with Crippen LogP contribution in [0, 0.1) is 0 Å². The van der Waals surface area contributed by atoms with Gasteiger partial charge in [0.2, 0.25) is 0 Å². The predicted octanol–water partition coefficient (Wildman–Crippen LogP) is 1.89. The third kappa shape index (κ3) is 2.44. The molecule has 1 aromatic carbocycles. The van der Waals surface area contributed by atoms with Gasteiger partial charge in [-0.2, -0.15) is 5.10 Å². The van der Waals surface area contributed by atoms with Gasteiger partial charge >= 0.3 is 0 Å². The van der Waals surface area contributed by atoms with Crippen molar-refractivity contribution in [1.29, 1.82) is 0 Å². The second-order valence-corrected chi connectivity index (χ2v) is 4.22. The number of hydrogen-bond donors (Lipinski definition) is 2. The van der Waals surface area contributed by atoms with E-state index in [0.717, 1.165) is 16.5 Å². The first-order valence-electron chi connectivity index (χ1n) is 5.93. The quantitative estimate of drug-likeness (QED) is 0.747. The van der Waals surface area contributed by atoms with Gasteiger partial charge in [-0.25, -0.2) is 0 Å². The molecule has 0 fully saturated rings. The van der Waals surface area contributed by atoms with Crippen molar-refractivity contribution in [2.24, 2.45) is 0 Å².